The van der Waals surface area contributed by atoms with Crippen LogP contribution in [-0.2, 0) is 23.9 Å². The third kappa shape index (κ3) is 8.21. The van der Waals surface area contributed by atoms with Crippen LogP contribution in [0.5, 0.6) is 11.5 Å². The molecule has 302 valence electrons. The molecular formula is C42H53ClN4O8S. The second kappa shape index (κ2) is 15.4. The summed E-state index contributed by atoms with van der Waals surface area (Å²) in [6.07, 6.45) is 3.13. The van der Waals surface area contributed by atoms with E-state index in [1.54, 1.807) is 25.3 Å². The Morgan fingerprint density at radius 1 is 1.07 bits per heavy atom. The molecule has 8 atom stereocenters. The molecule has 1 amide bonds. The summed E-state index contributed by atoms with van der Waals surface area (Å²) < 4.78 is 18.6. The topological polar surface area (TPSA) is 157 Å². The molecule has 2 aromatic heterocycles. The number of nitrogens with one attached hydrogen (secondary N) is 1. The lowest BCUT2D eigenvalue weighted by molar-refractivity contribution is -0.157. The van der Waals surface area contributed by atoms with E-state index in [0.717, 1.165) is 12.8 Å². The molecule has 1 aromatic carbocycles. The maximum atomic E-state index is 14.8. The lowest BCUT2D eigenvalue weighted by Gasteiger charge is -2.35. The van der Waals surface area contributed by atoms with Gasteiger partial charge in [0.2, 0.25) is 5.91 Å². The summed E-state index contributed by atoms with van der Waals surface area (Å²) in [5.74, 6) is -0.598. The van der Waals surface area contributed by atoms with Gasteiger partial charge in [0, 0.05) is 36.4 Å². The van der Waals surface area contributed by atoms with Crippen LogP contribution in [0.15, 0.2) is 24.3 Å². The number of carboxylic acids is 1. The van der Waals surface area contributed by atoms with E-state index in [1.165, 1.54) is 22.7 Å². The number of nitrogens with zero attached hydrogens (tertiary/aromatic N) is 3. The molecule has 1 saturated heterocycles. The lowest BCUT2D eigenvalue weighted by atomic mass is 9.77. The smallest absolute Gasteiger partial charge is 0.310 e. The van der Waals surface area contributed by atoms with Crippen molar-refractivity contribution in [3.05, 3.63) is 28.6 Å². The molecule has 3 aliphatic carbocycles. The van der Waals surface area contributed by atoms with Gasteiger partial charge in [-0.3, -0.25) is 19.2 Å². The molecule has 4 fully saturated rings. The zero-order valence-electron chi connectivity index (χ0n) is 33.2. The number of aliphatic carboxylic acids is 1. The number of likely N-dealkylation sites (tertiary alicyclic amines) is 1. The molecule has 1 unspecified atom stereocenters. The van der Waals surface area contributed by atoms with Crippen LogP contribution in [0.25, 0.3) is 22.3 Å². The van der Waals surface area contributed by atoms with Crippen LogP contribution in [0, 0.1) is 34.5 Å². The van der Waals surface area contributed by atoms with Crippen LogP contribution in [0.4, 0.5) is 5.13 Å². The summed E-state index contributed by atoms with van der Waals surface area (Å²) >= 11 is 8.03. The van der Waals surface area contributed by atoms with Crippen molar-refractivity contribution in [3.8, 4) is 22.9 Å². The minimum absolute atomic E-state index is 0.0648. The molecule has 0 spiro atoms. The Morgan fingerprint density at radius 3 is 2.43 bits per heavy atom. The van der Waals surface area contributed by atoms with Crippen molar-refractivity contribution in [2.45, 2.75) is 117 Å². The Morgan fingerprint density at radius 2 is 1.80 bits per heavy atom. The van der Waals surface area contributed by atoms with Gasteiger partial charge in [-0.15, -0.1) is 0 Å². The highest BCUT2D eigenvalue weighted by Crippen LogP contribution is 2.58. The second-order valence-corrected chi connectivity index (χ2v) is 19.3. The van der Waals surface area contributed by atoms with Gasteiger partial charge in [-0.25, -0.2) is 9.97 Å². The molecule has 3 saturated carbocycles. The average Bonchev–Trinajstić information content (AvgIpc) is 3.86. The van der Waals surface area contributed by atoms with Crippen LogP contribution >= 0.6 is 22.9 Å². The Bertz CT molecular complexity index is 2020. The number of anilines is 1. The van der Waals surface area contributed by atoms with Crippen molar-refractivity contribution in [3.63, 3.8) is 0 Å². The molecule has 12 nitrogen and oxygen atoms in total. The molecule has 3 aromatic rings. The number of amides is 1. The van der Waals surface area contributed by atoms with Gasteiger partial charge in [0.05, 0.1) is 48.7 Å². The van der Waals surface area contributed by atoms with Crippen molar-refractivity contribution in [1.29, 1.82) is 0 Å². The molecule has 4 aliphatic rings. The van der Waals surface area contributed by atoms with Crippen LogP contribution < -0.4 is 14.8 Å². The van der Waals surface area contributed by atoms with Crippen LogP contribution in [-0.4, -0.2) is 81.5 Å². The van der Waals surface area contributed by atoms with Gasteiger partial charge >= 0.3 is 11.9 Å². The predicted octanol–water partition coefficient (Wildman–Crippen LogP) is 8.04. The second-order valence-electron chi connectivity index (χ2n) is 17.7. The third-order valence-electron chi connectivity index (χ3n) is 12.3. The van der Waals surface area contributed by atoms with Gasteiger partial charge in [-0.05, 0) is 74.8 Å². The maximum Gasteiger partial charge on any atom is 0.310 e. The highest BCUT2D eigenvalue weighted by atomic mass is 35.5. The highest BCUT2D eigenvalue weighted by molar-refractivity contribution is 7.20. The van der Waals surface area contributed by atoms with Gasteiger partial charge in [-0.1, -0.05) is 57.1 Å². The Labute approximate surface area is 337 Å². The molecule has 3 heterocycles. The normalized spacial score (nSPS) is 27.2. The minimum atomic E-state index is -1.14. The van der Waals surface area contributed by atoms with E-state index in [-0.39, 0.29) is 55.6 Å². The van der Waals surface area contributed by atoms with Gasteiger partial charge in [-0.2, -0.15) is 0 Å². The summed E-state index contributed by atoms with van der Waals surface area (Å²) in [5.41, 5.74) is -0.246. The first kappa shape index (κ1) is 40.2. The number of esters is 1. The minimum Gasteiger partial charge on any atom is -0.497 e. The largest absolute Gasteiger partial charge is 0.497 e. The van der Waals surface area contributed by atoms with E-state index in [2.05, 4.69) is 5.32 Å². The number of thiazole rings is 1. The molecule has 0 radical (unpaired) electrons. The van der Waals surface area contributed by atoms with E-state index < -0.39 is 40.8 Å². The van der Waals surface area contributed by atoms with E-state index in [9.17, 15) is 24.3 Å². The zero-order chi connectivity index (χ0) is 40.3. The number of Topliss-reactive ketones (excluding diaryl/α,β-unsaturated/α-hetero) is 1. The fourth-order valence-corrected chi connectivity index (χ4v) is 10.1. The maximum absolute atomic E-state index is 14.8. The fraction of sp³-hybridized carbons (Fsp3) is 0.619. The number of benzene rings is 1. The first-order chi connectivity index (χ1) is 26.5. The van der Waals surface area contributed by atoms with Crippen LogP contribution in [0.2, 0.25) is 4.34 Å². The van der Waals surface area contributed by atoms with Gasteiger partial charge in [0.15, 0.2) is 10.9 Å². The summed E-state index contributed by atoms with van der Waals surface area (Å²) in [4.78, 5) is 66.1. The van der Waals surface area contributed by atoms with Crippen LogP contribution in [0.1, 0.15) is 92.9 Å². The number of fused-ring (bicyclic) bond motifs is 2. The standard InChI is InChI=1S/C42H53ClN4O8S/c1-8-24-18-42(24,39(51)52)19-33(48)32-15-27(20-47(32)38(50)29(41(4,5)6)16-35(49)55-26-12-22-11-23(22)13-26)54-34-17-31(36-37(43)56-40(46-36)44-21(2)3)45-30-14-25(53-7)9-10-28(30)34/h9-10,14,17,21-24,26-27,29,32H,8,11-13,15-16,18-20H2,1-7H3,(H,44,46)(H,51,52)/t22-,23+,24-,26?,27-,29-,32+,42-/m1/s1. The summed E-state index contributed by atoms with van der Waals surface area (Å²) in [6.45, 7) is 11.8. The Kier molecular flexibility index (Phi) is 11.1. The quantitative estimate of drug-likeness (QED) is 0.143. The molecule has 7 rings (SSSR count). The first-order valence-electron chi connectivity index (χ1n) is 19.8. The van der Waals surface area contributed by atoms with E-state index >= 15 is 0 Å². The van der Waals surface area contributed by atoms with Crippen molar-refractivity contribution < 1.29 is 38.5 Å². The number of aromatic nitrogens is 2. The average molecular weight is 809 g/mol. The highest BCUT2D eigenvalue weighted by Gasteiger charge is 2.61. The van der Waals surface area contributed by atoms with E-state index in [0.29, 0.717) is 67.9 Å². The van der Waals surface area contributed by atoms with Crippen molar-refractivity contribution in [2.75, 3.05) is 19.0 Å². The van der Waals surface area contributed by atoms with Gasteiger partial charge in [0.1, 0.15) is 33.7 Å². The molecular weight excluding hydrogens is 756 g/mol. The van der Waals surface area contributed by atoms with Crippen molar-refractivity contribution >= 4 is 62.6 Å². The molecule has 56 heavy (non-hydrogen) atoms. The monoisotopic (exact) mass is 808 g/mol. The molecule has 14 heteroatoms. The molecule has 0 bridgehead atoms. The molecule has 2 N–H and O–H groups in total. The number of carbonyl (C=O) groups is 4. The Balaban J connectivity index is 1.20. The van der Waals surface area contributed by atoms with Gasteiger partial charge < -0.3 is 29.5 Å². The number of ketones is 1. The molecule has 1 aliphatic heterocycles. The number of hydrogen-bond donors (Lipinski definition) is 2. The van der Waals surface area contributed by atoms with Gasteiger partial charge in [0.25, 0.3) is 0 Å². The lowest BCUT2D eigenvalue weighted by Crippen LogP contribution is -2.48. The predicted molar refractivity (Wildman–Crippen MR) is 214 cm³/mol. The van der Waals surface area contributed by atoms with Crippen LogP contribution in [0.3, 0.4) is 0 Å². The number of pyridine rings is 1. The van der Waals surface area contributed by atoms with Crippen molar-refractivity contribution in [1.82, 2.24) is 14.9 Å². The number of carboxylic acid groups (broad SMARTS) is 1. The van der Waals surface area contributed by atoms with E-state index in [4.69, 9.17) is 35.8 Å². The summed E-state index contributed by atoms with van der Waals surface area (Å²) in [6, 6.07) is 6.42. The zero-order valence-corrected chi connectivity index (χ0v) is 34.8. The SMILES string of the molecule is CC[C@@H]1C[C@]1(CC(=O)[C@@H]1C[C@@H](Oc2cc(-c3nc(NC(C)C)sc3Cl)nc3cc(OC)ccc23)CN1C(=O)[C@@H](CC(=O)OC1C[C@@H]2C[C@@H]2C1)C(C)(C)C)C(=O)O. The number of methoxy groups -OCH3 is 1. The fourth-order valence-electron chi connectivity index (χ4n) is 8.92. The number of ether oxygens (including phenoxy) is 3. The summed E-state index contributed by atoms with van der Waals surface area (Å²) in [7, 11) is 1.57. The Hall–Kier alpha value is -3.97. The number of halogens is 1. The van der Waals surface area contributed by atoms with E-state index in [1.807, 2.05) is 47.6 Å². The number of carbonyl (C=O) groups excluding carboxylic acids is 3. The number of hydrogen-bond acceptors (Lipinski definition) is 11. The first-order valence-corrected chi connectivity index (χ1v) is 21.0. The van der Waals surface area contributed by atoms with Crippen molar-refractivity contribution in [2.24, 2.45) is 34.5 Å². The number of rotatable bonds is 15. The third-order valence-corrected chi connectivity index (χ3v) is 13.5. The summed E-state index contributed by atoms with van der Waals surface area (Å²) in [5, 5.41) is 14.9.